The number of halogens is 1. The van der Waals surface area contributed by atoms with Crippen LogP contribution in [0.15, 0.2) is 42.5 Å². The van der Waals surface area contributed by atoms with E-state index in [-0.39, 0.29) is 12.3 Å². The normalized spacial score (nSPS) is 11.3. The van der Waals surface area contributed by atoms with Gasteiger partial charge in [-0.1, -0.05) is 29.8 Å². The highest BCUT2D eigenvalue weighted by molar-refractivity contribution is 7.88. The Kier molecular flexibility index (Phi) is 5.99. The maximum Gasteiger partial charge on any atom is 0.239 e. The lowest BCUT2D eigenvalue weighted by atomic mass is 10.1. The molecule has 2 rings (SSSR count). The highest BCUT2D eigenvalue weighted by atomic mass is 35.5. The molecule has 0 fully saturated rings. The van der Waals surface area contributed by atoms with Crippen molar-refractivity contribution in [2.75, 3.05) is 11.9 Å². The van der Waals surface area contributed by atoms with E-state index in [2.05, 4.69) is 10.0 Å². The maximum absolute atomic E-state index is 12.1. The summed E-state index contributed by atoms with van der Waals surface area (Å²) in [5, 5.41) is 3.13. The molecule has 1 amide bonds. The van der Waals surface area contributed by atoms with Crippen LogP contribution >= 0.6 is 11.6 Å². The number of nitrogens with one attached hydrogen (secondary N) is 2. The quantitative estimate of drug-likeness (QED) is 0.825. The highest BCUT2D eigenvalue weighted by Crippen LogP contribution is 2.17. The molecule has 0 unspecified atom stereocenters. The van der Waals surface area contributed by atoms with Gasteiger partial charge in [-0.2, -0.15) is 0 Å². The largest absolute Gasteiger partial charge is 0.325 e. The Morgan fingerprint density at radius 1 is 1.12 bits per heavy atom. The van der Waals surface area contributed by atoms with E-state index >= 15 is 0 Å². The molecule has 0 aliphatic rings. The summed E-state index contributed by atoms with van der Waals surface area (Å²) in [7, 11) is -3.64. The summed E-state index contributed by atoms with van der Waals surface area (Å²) in [5.74, 6) is -0.649. The fourth-order valence-corrected chi connectivity index (χ4v) is 3.52. The standard InChI is InChI=1S/C17H19ClN2O3S/c1-12-4-3-5-16(8-12)20-17(21)10-19-24(22,23)11-14-9-15(18)7-6-13(14)2/h3-9,19H,10-11H2,1-2H3,(H,20,21). The van der Waals surface area contributed by atoms with E-state index in [9.17, 15) is 13.2 Å². The highest BCUT2D eigenvalue weighted by Gasteiger charge is 2.15. The summed E-state index contributed by atoms with van der Waals surface area (Å²) in [6, 6.07) is 12.4. The van der Waals surface area contributed by atoms with Crippen molar-refractivity contribution < 1.29 is 13.2 Å². The van der Waals surface area contributed by atoms with Crippen molar-refractivity contribution in [2.24, 2.45) is 0 Å². The molecular weight excluding hydrogens is 348 g/mol. The van der Waals surface area contributed by atoms with Crippen LogP contribution in [0.25, 0.3) is 0 Å². The van der Waals surface area contributed by atoms with Crippen LogP contribution in [0.4, 0.5) is 5.69 Å². The maximum atomic E-state index is 12.1. The first-order valence-electron chi connectivity index (χ1n) is 7.34. The number of carbonyl (C=O) groups excluding carboxylic acids is 1. The van der Waals surface area contributed by atoms with Crippen molar-refractivity contribution in [3.8, 4) is 0 Å². The molecule has 2 aromatic carbocycles. The van der Waals surface area contributed by atoms with Gasteiger partial charge in [0.05, 0.1) is 12.3 Å². The number of aryl methyl sites for hydroxylation is 2. The smallest absolute Gasteiger partial charge is 0.239 e. The van der Waals surface area contributed by atoms with Gasteiger partial charge in [0.15, 0.2) is 0 Å². The minimum atomic E-state index is -3.64. The monoisotopic (exact) mass is 366 g/mol. The van der Waals surface area contributed by atoms with Gasteiger partial charge in [0, 0.05) is 10.7 Å². The zero-order valence-corrected chi connectivity index (χ0v) is 15.0. The topological polar surface area (TPSA) is 75.3 Å². The summed E-state index contributed by atoms with van der Waals surface area (Å²) in [4.78, 5) is 11.9. The first-order valence-corrected chi connectivity index (χ1v) is 9.37. The second-order valence-electron chi connectivity index (χ2n) is 5.57. The van der Waals surface area contributed by atoms with Gasteiger partial charge in [-0.15, -0.1) is 0 Å². The molecule has 0 saturated carbocycles. The van der Waals surface area contributed by atoms with E-state index in [1.165, 1.54) is 0 Å². The van der Waals surface area contributed by atoms with Gasteiger partial charge in [-0.05, 0) is 54.8 Å². The molecular formula is C17H19ClN2O3S. The average molecular weight is 367 g/mol. The third-order valence-corrected chi connectivity index (χ3v) is 4.92. The van der Waals surface area contributed by atoms with Crippen LogP contribution in [-0.2, 0) is 20.6 Å². The van der Waals surface area contributed by atoms with Crippen LogP contribution in [0.3, 0.4) is 0 Å². The zero-order valence-electron chi connectivity index (χ0n) is 13.5. The molecule has 0 radical (unpaired) electrons. The molecule has 0 aromatic heterocycles. The van der Waals surface area contributed by atoms with Crippen molar-refractivity contribution in [3.63, 3.8) is 0 Å². The molecule has 0 spiro atoms. The van der Waals surface area contributed by atoms with Crippen LogP contribution in [0.1, 0.15) is 16.7 Å². The molecule has 0 bridgehead atoms. The molecule has 5 nitrogen and oxygen atoms in total. The van der Waals surface area contributed by atoms with Crippen molar-refractivity contribution in [2.45, 2.75) is 19.6 Å². The Morgan fingerprint density at radius 2 is 1.88 bits per heavy atom. The Bertz CT molecular complexity index is 851. The first kappa shape index (κ1) is 18.4. The number of sulfonamides is 1. The number of hydrogen-bond acceptors (Lipinski definition) is 3. The fourth-order valence-electron chi connectivity index (χ4n) is 2.15. The van der Waals surface area contributed by atoms with Crippen LogP contribution in [-0.4, -0.2) is 20.9 Å². The number of amides is 1. The number of carbonyl (C=O) groups is 1. The van der Waals surface area contributed by atoms with E-state index in [1.54, 1.807) is 24.3 Å². The molecule has 2 aromatic rings. The number of hydrogen-bond donors (Lipinski definition) is 2. The number of anilines is 1. The van der Waals surface area contributed by atoms with E-state index in [0.29, 0.717) is 16.3 Å². The summed E-state index contributed by atoms with van der Waals surface area (Å²) in [5.41, 5.74) is 3.07. The van der Waals surface area contributed by atoms with Gasteiger partial charge in [-0.25, -0.2) is 13.1 Å². The van der Waals surface area contributed by atoms with E-state index < -0.39 is 15.9 Å². The second-order valence-corrected chi connectivity index (χ2v) is 7.81. The van der Waals surface area contributed by atoms with Gasteiger partial charge in [0.1, 0.15) is 0 Å². The van der Waals surface area contributed by atoms with E-state index in [0.717, 1.165) is 11.1 Å². The SMILES string of the molecule is Cc1cccc(NC(=O)CNS(=O)(=O)Cc2cc(Cl)ccc2C)c1. The van der Waals surface area contributed by atoms with Gasteiger partial charge in [0.2, 0.25) is 15.9 Å². The lowest BCUT2D eigenvalue weighted by molar-refractivity contribution is -0.115. The lowest BCUT2D eigenvalue weighted by Gasteiger charge is -2.10. The van der Waals surface area contributed by atoms with Gasteiger partial charge in [-0.3, -0.25) is 4.79 Å². The van der Waals surface area contributed by atoms with Gasteiger partial charge in [0.25, 0.3) is 0 Å². The Labute approximate surface area is 147 Å². The number of rotatable bonds is 6. The molecule has 0 saturated heterocycles. The molecule has 2 N–H and O–H groups in total. The summed E-state index contributed by atoms with van der Waals surface area (Å²) < 4.78 is 26.6. The second kappa shape index (κ2) is 7.79. The Hall–Kier alpha value is -1.89. The van der Waals surface area contributed by atoms with Crippen molar-refractivity contribution in [1.29, 1.82) is 0 Å². The van der Waals surface area contributed by atoms with Gasteiger partial charge < -0.3 is 5.32 Å². The van der Waals surface area contributed by atoms with E-state index in [4.69, 9.17) is 11.6 Å². The van der Waals surface area contributed by atoms with E-state index in [1.807, 2.05) is 32.0 Å². The molecule has 0 aliphatic carbocycles. The summed E-state index contributed by atoms with van der Waals surface area (Å²) in [6.07, 6.45) is 0. The Balaban J connectivity index is 1.94. The summed E-state index contributed by atoms with van der Waals surface area (Å²) >= 11 is 5.90. The minimum absolute atomic E-state index is 0.225. The van der Waals surface area contributed by atoms with Crippen molar-refractivity contribution in [1.82, 2.24) is 4.72 Å². The predicted octanol–water partition coefficient (Wildman–Crippen LogP) is 3.01. The van der Waals surface area contributed by atoms with Crippen molar-refractivity contribution in [3.05, 3.63) is 64.2 Å². The van der Waals surface area contributed by atoms with Gasteiger partial charge >= 0.3 is 0 Å². The average Bonchev–Trinajstić information content (AvgIpc) is 2.49. The third-order valence-electron chi connectivity index (χ3n) is 3.41. The lowest BCUT2D eigenvalue weighted by Crippen LogP contribution is -2.33. The Morgan fingerprint density at radius 3 is 2.58 bits per heavy atom. The molecule has 24 heavy (non-hydrogen) atoms. The van der Waals surface area contributed by atoms with Crippen LogP contribution in [0, 0.1) is 13.8 Å². The minimum Gasteiger partial charge on any atom is -0.325 e. The summed E-state index contributed by atoms with van der Waals surface area (Å²) in [6.45, 7) is 3.40. The number of benzene rings is 2. The zero-order chi connectivity index (χ0) is 17.7. The van der Waals surface area contributed by atoms with Crippen LogP contribution in [0.2, 0.25) is 5.02 Å². The molecule has 0 atom stereocenters. The molecule has 0 heterocycles. The molecule has 128 valence electrons. The molecule has 7 heteroatoms. The third kappa shape index (κ3) is 5.63. The fraction of sp³-hybridized carbons (Fsp3) is 0.235. The van der Waals surface area contributed by atoms with Crippen molar-refractivity contribution >= 4 is 33.2 Å². The van der Waals surface area contributed by atoms with Crippen LogP contribution in [0.5, 0.6) is 0 Å². The van der Waals surface area contributed by atoms with Crippen LogP contribution < -0.4 is 10.0 Å². The predicted molar refractivity (Wildman–Crippen MR) is 96.6 cm³/mol. The first-order chi connectivity index (χ1) is 11.2. The molecule has 0 aliphatic heterocycles.